The standard InChI is InChI=1S/C24H20N4O4/c1-15-16(13-27-23(25)22(15)28(30)31)7-6-12-26-24(29)32-14-21-19-10-4-2-8-17(19)18-9-3-5-11-20(18)21/h2-5,8-11,13,21H,12,14H2,1H3,(H2,25,27)(H,26,29). The molecule has 160 valence electrons. The highest BCUT2D eigenvalue weighted by atomic mass is 16.6. The Labute approximate surface area is 184 Å². The average Bonchev–Trinajstić information content (AvgIpc) is 3.10. The Kier molecular flexibility index (Phi) is 5.73. The van der Waals surface area contributed by atoms with Crippen LogP contribution in [0.2, 0.25) is 0 Å². The molecule has 3 aromatic rings. The van der Waals surface area contributed by atoms with Crippen molar-refractivity contribution < 1.29 is 14.5 Å². The summed E-state index contributed by atoms with van der Waals surface area (Å²) in [4.78, 5) is 26.5. The fourth-order valence-electron chi connectivity index (χ4n) is 3.87. The molecule has 0 spiro atoms. The van der Waals surface area contributed by atoms with Gasteiger partial charge in [0.05, 0.1) is 17.0 Å². The van der Waals surface area contributed by atoms with Crippen molar-refractivity contribution in [1.82, 2.24) is 10.3 Å². The van der Waals surface area contributed by atoms with Crippen LogP contribution in [0.5, 0.6) is 0 Å². The van der Waals surface area contributed by atoms with Crippen LogP contribution in [0.1, 0.15) is 28.2 Å². The molecule has 1 amide bonds. The Balaban J connectivity index is 1.37. The minimum Gasteiger partial charge on any atom is -0.449 e. The van der Waals surface area contributed by atoms with Gasteiger partial charge in [-0.2, -0.15) is 0 Å². The summed E-state index contributed by atoms with van der Waals surface area (Å²) in [6, 6.07) is 16.2. The summed E-state index contributed by atoms with van der Waals surface area (Å²) in [5.74, 6) is 5.34. The van der Waals surface area contributed by atoms with Crippen molar-refractivity contribution in [3.63, 3.8) is 0 Å². The molecule has 0 saturated heterocycles. The van der Waals surface area contributed by atoms with Gasteiger partial charge in [0.2, 0.25) is 5.82 Å². The first-order valence-corrected chi connectivity index (χ1v) is 9.94. The van der Waals surface area contributed by atoms with E-state index >= 15 is 0 Å². The fourth-order valence-corrected chi connectivity index (χ4v) is 3.87. The lowest BCUT2D eigenvalue weighted by atomic mass is 9.98. The largest absolute Gasteiger partial charge is 0.449 e. The van der Waals surface area contributed by atoms with Crippen LogP contribution in [0.3, 0.4) is 0 Å². The maximum absolute atomic E-state index is 12.2. The molecule has 0 radical (unpaired) electrons. The molecule has 32 heavy (non-hydrogen) atoms. The quantitative estimate of drug-likeness (QED) is 0.371. The molecule has 0 fully saturated rings. The predicted molar refractivity (Wildman–Crippen MR) is 120 cm³/mol. The van der Waals surface area contributed by atoms with E-state index in [0.717, 1.165) is 22.3 Å². The summed E-state index contributed by atoms with van der Waals surface area (Å²) in [5.41, 5.74) is 10.6. The van der Waals surface area contributed by atoms with E-state index in [0.29, 0.717) is 11.1 Å². The van der Waals surface area contributed by atoms with Crippen molar-refractivity contribution in [2.75, 3.05) is 18.9 Å². The number of nitrogens with one attached hydrogen (secondary N) is 1. The van der Waals surface area contributed by atoms with Crippen LogP contribution in [-0.4, -0.2) is 29.2 Å². The lowest BCUT2D eigenvalue weighted by Gasteiger charge is -2.14. The topological polar surface area (TPSA) is 120 Å². The number of pyridine rings is 1. The fraction of sp³-hybridized carbons (Fsp3) is 0.167. The first-order chi connectivity index (χ1) is 15.5. The lowest BCUT2D eigenvalue weighted by molar-refractivity contribution is -0.384. The molecule has 0 bridgehead atoms. The minimum atomic E-state index is -0.586. The number of carbonyl (C=O) groups is 1. The third-order valence-electron chi connectivity index (χ3n) is 5.40. The van der Waals surface area contributed by atoms with Crippen LogP contribution in [0, 0.1) is 28.9 Å². The van der Waals surface area contributed by atoms with Gasteiger partial charge in [-0.25, -0.2) is 9.78 Å². The molecule has 8 heteroatoms. The Bertz CT molecular complexity index is 1230. The highest BCUT2D eigenvalue weighted by Crippen LogP contribution is 2.44. The van der Waals surface area contributed by atoms with Gasteiger partial charge >= 0.3 is 11.8 Å². The monoisotopic (exact) mass is 428 g/mol. The number of anilines is 1. The number of nitrogen functional groups attached to an aromatic ring is 1. The van der Waals surface area contributed by atoms with Crippen molar-refractivity contribution in [2.45, 2.75) is 12.8 Å². The molecule has 1 aliphatic carbocycles. The van der Waals surface area contributed by atoms with Crippen LogP contribution in [0.25, 0.3) is 11.1 Å². The second-order valence-corrected chi connectivity index (χ2v) is 7.27. The summed E-state index contributed by atoms with van der Waals surface area (Å²) in [7, 11) is 0. The molecule has 1 aliphatic rings. The molecule has 8 nitrogen and oxygen atoms in total. The van der Waals surface area contributed by atoms with E-state index in [2.05, 4.69) is 46.4 Å². The van der Waals surface area contributed by atoms with E-state index in [1.165, 1.54) is 6.20 Å². The van der Waals surface area contributed by atoms with E-state index in [1.807, 2.05) is 24.3 Å². The van der Waals surface area contributed by atoms with Gasteiger partial charge in [0.25, 0.3) is 0 Å². The SMILES string of the molecule is Cc1c(C#CCNC(=O)OCC2c3ccccc3-c3ccccc32)cnc(N)c1[N+](=O)[O-]. The number of nitro groups is 1. The molecule has 0 atom stereocenters. The van der Waals surface area contributed by atoms with E-state index < -0.39 is 11.0 Å². The molecule has 4 rings (SSSR count). The summed E-state index contributed by atoms with van der Waals surface area (Å²) < 4.78 is 5.45. The summed E-state index contributed by atoms with van der Waals surface area (Å²) in [5, 5.41) is 13.7. The van der Waals surface area contributed by atoms with Gasteiger partial charge in [-0.05, 0) is 29.2 Å². The number of alkyl carbamates (subject to hydrolysis) is 1. The van der Waals surface area contributed by atoms with Crippen LogP contribution < -0.4 is 11.1 Å². The lowest BCUT2D eigenvalue weighted by Crippen LogP contribution is -2.26. The Morgan fingerprint density at radius 1 is 1.19 bits per heavy atom. The zero-order valence-corrected chi connectivity index (χ0v) is 17.3. The van der Waals surface area contributed by atoms with Gasteiger partial charge in [0.15, 0.2) is 0 Å². The number of nitrogens with zero attached hydrogens (tertiary/aromatic N) is 2. The minimum absolute atomic E-state index is 0.0221. The van der Waals surface area contributed by atoms with E-state index in [4.69, 9.17) is 10.5 Å². The molecular formula is C24H20N4O4. The molecule has 1 aromatic heterocycles. The van der Waals surface area contributed by atoms with Crippen molar-refractivity contribution in [2.24, 2.45) is 0 Å². The van der Waals surface area contributed by atoms with Crippen LogP contribution in [0.4, 0.5) is 16.3 Å². The summed E-state index contributed by atoms with van der Waals surface area (Å²) >= 11 is 0. The number of amides is 1. The molecule has 3 N–H and O–H groups in total. The smallest absolute Gasteiger partial charge is 0.407 e. The molecule has 0 saturated carbocycles. The Morgan fingerprint density at radius 3 is 2.44 bits per heavy atom. The van der Waals surface area contributed by atoms with Crippen LogP contribution in [0.15, 0.2) is 54.7 Å². The van der Waals surface area contributed by atoms with E-state index in [1.54, 1.807) is 6.92 Å². The van der Waals surface area contributed by atoms with Crippen LogP contribution in [-0.2, 0) is 4.74 Å². The second-order valence-electron chi connectivity index (χ2n) is 7.27. The Morgan fingerprint density at radius 2 is 1.81 bits per heavy atom. The molecular weight excluding hydrogens is 408 g/mol. The highest BCUT2D eigenvalue weighted by Gasteiger charge is 2.28. The third kappa shape index (κ3) is 3.96. The number of rotatable bonds is 4. The number of aromatic nitrogens is 1. The van der Waals surface area contributed by atoms with Gasteiger partial charge in [0.1, 0.15) is 6.61 Å². The molecule has 1 heterocycles. The molecule has 0 aliphatic heterocycles. The first kappa shape index (κ1) is 20.9. The molecule has 0 unspecified atom stereocenters. The number of hydrogen-bond acceptors (Lipinski definition) is 6. The van der Waals surface area contributed by atoms with Crippen molar-refractivity contribution in [3.8, 4) is 23.0 Å². The number of benzene rings is 2. The summed E-state index contributed by atoms with van der Waals surface area (Å²) in [6.45, 7) is 1.79. The molecule has 2 aromatic carbocycles. The van der Waals surface area contributed by atoms with E-state index in [9.17, 15) is 14.9 Å². The van der Waals surface area contributed by atoms with Gasteiger partial charge in [-0.15, -0.1) is 0 Å². The number of ether oxygens (including phenoxy) is 1. The maximum Gasteiger partial charge on any atom is 0.407 e. The average molecular weight is 428 g/mol. The van der Waals surface area contributed by atoms with Crippen molar-refractivity contribution >= 4 is 17.6 Å². The second kappa shape index (κ2) is 8.78. The predicted octanol–water partition coefficient (Wildman–Crippen LogP) is 3.77. The van der Waals surface area contributed by atoms with Gasteiger partial charge < -0.3 is 15.8 Å². The normalized spacial score (nSPS) is 11.7. The zero-order valence-electron chi connectivity index (χ0n) is 17.3. The number of fused-ring (bicyclic) bond motifs is 3. The summed E-state index contributed by atoms with van der Waals surface area (Å²) in [6.07, 6.45) is 0.789. The third-order valence-corrected chi connectivity index (χ3v) is 5.40. The number of carbonyl (C=O) groups excluding carboxylic acids is 1. The van der Waals surface area contributed by atoms with Crippen molar-refractivity contribution in [3.05, 3.63) is 87.1 Å². The van der Waals surface area contributed by atoms with Gasteiger partial charge in [-0.1, -0.05) is 60.4 Å². The first-order valence-electron chi connectivity index (χ1n) is 9.94. The van der Waals surface area contributed by atoms with Gasteiger partial charge in [0, 0.05) is 17.7 Å². The van der Waals surface area contributed by atoms with E-state index in [-0.39, 0.29) is 30.6 Å². The zero-order chi connectivity index (χ0) is 22.7. The maximum atomic E-state index is 12.2. The van der Waals surface area contributed by atoms with Crippen molar-refractivity contribution in [1.29, 1.82) is 0 Å². The Hall–Kier alpha value is -4.38. The highest BCUT2D eigenvalue weighted by molar-refractivity contribution is 5.79. The van der Waals surface area contributed by atoms with Crippen LogP contribution >= 0.6 is 0 Å². The number of hydrogen-bond donors (Lipinski definition) is 2. The number of nitrogens with two attached hydrogens (primary N) is 1. The van der Waals surface area contributed by atoms with Gasteiger partial charge in [-0.3, -0.25) is 10.1 Å².